The first kappa shape index (κ1) is 17.6. The van der Waals surface area contributed by atoms with Gasteiger partial charge in [0.15, 0.2) is 5.70 Å². The molecule has 0 bridgehead atoms. The average Bonchev–Trinajstić information content (AvgIpc) is 3.27. The molecule has 3 aromatic rings. The summed E-state index contributed by atoms with van der Waals surface area (Å²) >= 11 is 0. The zero-order valence-corrected chi connectivity index (χ0v) is 15.4. The summed E-state index contributed by atoms with van der Waals surface area (Å²) in [6.45, 7) is 3.39. The highest BCUT2D eigenvalue weighted by molar-refractivity contribution is 6.13. The largest absolute Gasteiger partial charge is 0.402 e. The normalized spacial score (nSPS) is 14.9. The lowest BCUT2D eigenvalue weighted by Gasteiger charge is -1.99. The first-order valence-electron chi connectivity index (χ1n) is 8.77. The van der Waals surface area contributed by atoms with E-state index in [2.05, 4.69) is 10.1 Å². The molecule has 1 aliphatic rings. The summed E-state index contributed by atoms with van der Waals surface area (Å²) in [4.78, 5) is 28.5. The summed E-state index contributed by atoms with van der Waals surface area (Å²) in [6.07, 6.45) is 3.19. The number of hydrogen-bond acceptors (Lipinski definition) is 5. The van der Waals surface area contributed by atoms with Crippen LogP contribution < -0.4 is 0 Å². The molecule has 0 spiro atoms. The lowest BCUT2D eigenvalue weighted by molar-refractivity contribution is -0.129. The second-order valence-electron chi connectivity index (χ2n) is 6.47. The predicted octanol–water partition coefficient (Wildman–Crippen LogP) is 3.86. The highest BCUT2D eigenvalue weighted by Gasteiger charge is 2.25. The van der Waals surface area contributed by atoms with Crippen molar-refractivity contribution in [2.45, 2.75) is 13.8 Å². The summed E-state index contributed by atoms with van der Waals surface area (Å²) in [5.41, 5.74) is 3.99. The number of ether oxygens (including phenoxy) is 1. The van der Waals surface area contributed by atoms with E-state index in [0.717, 1.165) is 16.7 Å². The van der Waals surface area contributed by atoms with Crippen LogP contribution in [0.2, 0.25) is 0 Å². The van der Waals surface area contributed by atoms with Crippen molar-refractivity contribution in [3.05, 3.63) is 83.2 Å². The molecule has 4 rings (SSSR count). The Morgan fingerprint density at radius 1 is 1.07 bits per heavy atom. The van der Waals surface area contributed by atoms with Gasteiger partial charge < -0.3 is 4.74 Å². The van der Waals surface area contributed by atoms with E-state index in [9.17, 15) is 9.59 Å². The van der Waals surface area contributed by atoms with Gasteiger partial charge in [-0.25, -0.2) is 14.5 Å². The van der Waals surface area contributed by atoms with Gasteiger partial charge in [0.1, 0.15) is 5.69 Å². The van der Waals surface area contributed by atoms with Gasteiger partial charge in [-0.3, -0.25) is 4.79 Å². The Bertz CT molecular complexity index is 1140. The molecule has 0 amide bonds. The molecule has 6 nitrogen and oxygen atoms in total. The minimum absolute atomic E-state index is 0.164. The van der Waals surface area contributed by atoms with E-state index in [1.165, 1.54) is 11.6 Å². The maximum Gasteiger partial charge on any atom is 0.363 e. The van der Waals surface area contributed by atoms with E-state index >= 15 is 0 Å². The first-order valence-corrected chi connectivity index (χ1v) is 8.77. The van der Waals surface area contributed by atoms with Crippen LogP contribution in [0, 0.1) is 6.92 Å². The molecule has 1 aromatic heterocycles. The molecule has 2 aromatic carbocycles. The van der Waals surface area contributed by atoms with Crippen LogP contribution >= 0.6 is 0 Å². The van der Waals surface area contributed by atoms with Crippen molar-refractivity contribution in [1.29, 1.82) is 0 Å². The third kappa shape index (κ3) is 3.40. The number of aromatic nitrogens is 2. The molecule has 6 heteroatoms. The molecule has 28 heavy (non-hydrogen) atoms. The van der Waals surface area contributed by atoms with E-state index in [1.54, 1.807) is 12.3 Å². The van der Waals surface area contributed by atoms with Gasteiger partial charge in [0, 0.05) is 29.8 Å². The van der Waals surface area contributed by atoms with Crippen molar-refractivity contribution in [3.63, 3.8) is 0 Å². The highest BCUT2D eigenvalue weighted by Crippen LogP contribution is 2.26. The zero-order valence-electron chi connectivity index (χ0n) is 15.4. The molecular weight excluding hydrogens is 354 g/mol. The average molecular weight is 371 g/mol. The Labute approximate surface area is 161 Å². The van der Waals surface area contributed by atoms with Crippen LogP contribution in [0.25, 0.3) is 17.3 Å². The van der Waals surface area contributed by atoms with Crippen LogP contribution in [-0.4, -0.2) is 27.6 Å². The second-order valence-corrected chi connectivity index (χ2v) is 6.47. The Morgan fingerprint density at radius 3 is 2.54 bits per heavy atom. The van der Waals surface area contributed by atoms with Crippen molar-refractivity contribution in [2.24, 2.45) is 4.99 Å². The van der Waals surface area contributed by atoms with Crippen molar-refractivity contribution in [1.82, 2.24) is 9.78 Å². The number of rotatable bonds is 3. The lowest BCUT2D eigenvalue weighted by atomic mass is 10.1. The van der Waals surface area contributed by atoms with Crippen LogP contribution in [0.3, 0.4) is 0 Å². The monoisotopic (exact) mass is 371 g/mol. The molecule has 138 valence electrons. The summed E-state index contributed by atoms with van der Waals surface area (Å²) in [6, 6.07) is 17.0. The maximum absolute atomic E-state index is 12.3. The Hall–Kier alpha value is -3.80. The molecule has 0 radical (unpaired) electrons. The number of aliphatic imine (C=N–C) groups is 1. The molecule has 0 atom stereocenters. The van der Waals surface area contributed by atoms with E-state index < -0.39 is 5.97 Å². The lowest BCUT2D eigenvalue weighted by Crippen LogP contribution is -2.05. The van der Waals surface area contributed by atoms with Gasteiger partial charge in [-0.2, -0.15) is 5.10 Å². The predicted molar refractivity (Wildman–Crippen MR) is 106 cm³/mol. The van der Waals surface area contributed by atoms with Crippen LogP contribution in [0.5, 0.6) is 0 Å². The topological polar surface area (TPSA) is 73.6 Å². The van der Waals surface area contributed by atoms with Crippen molar-refractivity contribution in [2.75, 3.05) is 0 Å². The summed E-state index contributed by atoms with van der Waals surface area (Å²) in [5, 5.41) is 4.36. The van der Waals surface area contributed by atoms with Crippen LogP contribution in [-0.2, 0) is 9.53 Å². The van der Waals surface area contributed by atoms with Gasteiger partial charge in [0.2, 0.25) is 11.8 Å². The summed E-state index contributed by atoms with van der Waals surface area (Å²) in [7, 11) is 0. The number of cyclic esters (lactones) is 1. The molecule has 1 aliphatic heterocycles. The standard InChI is InChI=1S/C22H17N3O3/c1-14-7-6-10-17(11-14)21-23-19(22(27)28-21)12-18-13-25(15(2)26)24-20(18)16-8-4-3-5-9-16/h3-13H,1-2H3. The number of esters is 1. The minimum atomic E-state index is -0.536. The van der Waals surface area contributed by atoms with E-state index in [1.807, 2.05) is 61.5 Å². The van der Waals surface area contributed by atoms with Gasteiger partial charge >= 0.3 is 5.97 Å². The first-order chi connectivity index (χ1) is 13.5. The van der Waals surface area contributed by atoms with E-state index in [0.29, 0.717) is 11.3 Å². The van der Waals surface area contributed by atoms with Crippen LogP contribution in [0.1, 0.15) is 28.4 Å². The van der Waals surface area contributed by atoms with Crippen molar-refractivity contribution >= 4 is 23.9 Å². The maximum atomic E-state index is 12.3. The number of aryl methyl sites for hydroxylation is 1. The quantitative estimate of drug-likeness (QED) is 0.518. The Morgan fingerprint density at radius 2 is 1.82 bits per heavy atom. The van der Waals surface area contributed by atoms with Gasteiger partial charge in [-0.05, 0) is 25.1 Å². The smallest absolute Gasteiger partial charge is 0.363 e. The van der Waals surface area contributed by atoms with E-state index in [4.69, 9.17) is 4.74 Å². The summed E-state index contributed by atoms with van der Waals surface area (Å²) < 4.78 is 6.59. The number of nitrogens with zero attached hydrogens (tertiary/aromatic N) is 3. The van der Waals surface area contributed by atoms with Crippen molar-refractivity contribution in [3.8, 4) is 11.3 Å². The second kappa shape index (κ2) is 7.08. The Kier molecular flexibility index (Phi) is 4.45. The minimum Gasteiger partial charge on any atom is -0.402 e. The van der Waals surface area contributed by atoms with Gasteiger partial charge in [0.05, 0.1) is 0 Å². The number of carbonyl (C=O) groups excluding carboxylic acids is 2. The SMILES string of the molecule is CC(=O)n1cc(C=C2N=C(c3cccc(C)c3)OC2=O)c(-c2ccccc2)n1. The molecule has 0 saturated carbocycles. The molecule has 0 aliphatic carbocycles. The van der Waals surface area contributed by atoms with Crippen molar-refractivity contribution < 1.29 is 14.3 Å². The molecule has 0 saturated heterocycles. The fourth-order valence-electron chi connectivity index (χ4n) is 2.93. The number of carbonyl (C=O) groups is 2. The molecule has 0 fully saturated rings. The fourth-order valence-corrected chi connectivity index (χ4v) is 2.93. The molecule has 0 unspecified atom stereocenters. The highest BCUT2D eigenvalue weighted by atomic mass is 16.6. The van der Waals surface area contributed by atoms with Gasteiger partial charge in [0.25, 0.3) is 0 Å². The van der Waals surface area contributed by atoms with E-state index in [-0.39, 0.29) is 17.5 Å². The third-order valence-electron chi connectivity index (χ3n) is 4.29. The van der Waals surface area contributed by atoms with Crippen LogP contribution in [0.4, 0.5) is 0 Å². The zero-order chi connectivity index (χ0) is 19.7. The molecule has 0 N–H and O–H groups in total. The molecular formula is C22H17N3O3. The third-order valence-corrected chi connectivity index (χ3v) is 4.29. The number of hydrogen-bond donors (Lipinski definition) is 0. The van der Waals surface area contributed by atoms with Crippen LogP contribution in [0.15, 0.2) is 71.5 Å². The fraction of sp³-hybridized carbons (Fsp3) is 0.0909. The number of benzene rings is 2. The Balaban J connectivity index is 1.78. The van der Waals surface area contributed by atoms with Gasteiger partial charge in [-0.1, -0.05) is 48.0 Å². The summed E-state index contributed by atoms with van der Waals surface area (Å²) in [5.74, 6) is -0.494. The van der Waals surface area contributed by atoms with Gasteiger partial charge in [-0.15, -0.1) is 0 Å². The molecule has 2 heterocycles.